The van der Waals surface area contributed by atoms with E-state index in [0.29, 0.717) is 23.3 Å². The molecule has 0 saturated carbocycles. The molecule has 2 aromatic heterocycles. The Kier molecular flexibility index (Phi) is 4.21. The number of alkyl halides is 3. The molecule has 28 heavy (non-hydrogen) atoms. The van der Waals surface area contributed by atoms with Crippen molar-refractivity contribution >= 4 is 33.6 Å². The van der Waals surface area contributed by atoms with Crippen molar-refractivity contribution in [3.8, 4) is 5.75 Å². The maximum absolute atomic E-state index is 12.3. The minimum atomic E-state index is -4.38. The SMILES string of the molecule is Nc1nc(N)c2c(ccc3c2ccn3Cc2cccc(OCC(F)(F)F)c2)n1. The third kappa shape index (κ3) is 3.51. The van der Waals surface area contributed by atoms with Crippen LogP contribution in [0.5, 0.6) is 5.75 Å². The lowest BCUT2D eigenvalue weighted by atomic mass is 10.1. The lowest BCUT2D eigenvalue weighted by molar-refractivity contribution is -0.153. The van der Waals surface area contributed by atoms with Crippen molar-refractivity contribution in [2.75, 3.05) is 18.1 Å². The fraction of sp³-hybridized carbons (Fsp3) is 0.158. The number of ether oxygens (including phenoxy) is 1. The standard InChI is InChI=1S/C19H16F3N5O/c20-19(21,22)10-28-12-3-1-2-11(8-12)9-27-7-6-13-15(27)5-4-14-16(13)17(23)26-18(24)25-14/h1-8H,9-10H2,(H4,23,24,25,26). The average Bonchev–Trinajstić information content (AvgIpc) is 3.02. The zero-order valence-corrected chi connectivity index (χ0v) is 14.6. The molecule has 0 aliphatic heterocycles. The van der Waals surface area contributed by atoms with Crippen LogP contribution < -0.4 is 16.2 Å². The van der Waals surface area contributed by atoms with Crippen molar-refractivity contribution < 1.29 is 17.9 Å². The minimum absolute atomic E-state index is 0.111. The van der Waals surface area contributed by atoms with E-state index in [1.807, 2.05) is 35.0 Å². The third-order valence-corrected chi connectivity index (χ3v) is 4.31. The molecule has 0 atom stereocenters. The van der Waals surface area contributed by atoms with Crippen molar-refractivity contribution in [2.24, 2.45) is 0 Å². The molecule has 6 nitrogen and oxygen atoms in total. The first-order chi connectivity index (χ1) is 13.3. The van der Waals surface area contributed by atoms with E-state index in [9.17, 15) is 13.2 Å². The van der Waals surface area contributed by atoms with Gasteiger partial charge < -0.3 is 20.8 Å². The molecule has 0 radical (unpaired) electrons. The van der Waals surface area contributed by atoms with E-state index in [1.165, 1.54) is 6.07 Å². The first-order valence-electron chi connectivity index (χ1n) is 8.39. The third-order valence-electron chi connectivity index (χ3n) is 4.31. The van der Waals surface area contributed by atoms with Crippen molar-refractivity contribution in [2.45, 2.75) is 12.7 Å². The Balaban J connectivity index is 1.67. The summed E-state index contributed by atoms with van der Waals surface area (Å²) in [5.74, 6) is 0.581. The Morgan fingerprint density at radius 1 is 1.04 bits per heavy atom. The summed E-state index contributed by atoms with van der Waals surface area (Å²) in [7, 11) is 0. The van der Waals surface area contributed by atoms with E-state index in [-0.39, 0.29) is 11.7 Å². The van der Waals surface area contributed by atoms with E-state index in [4.69, 9.17) is 16.2 Å². The number of hydrogen-bond donors (Lipinski definition) is 2. The molecule has 4 rings (SSSR count). The fourth-order valence-corrected chi connectivity index (χ4v) is 3.18. The molecular formula is C19H16F3N5O. The van der Waals surface area contributed by atoms with Gasteiger partial charge in [-0.2, -0.15) is 18.2 Å². The second-order valence-corrected chi connectivity index (χ2v) is 6.35. The van der Waals surface area contributed by atoms with E-state index < -0.39 is 12.8 Å². The molecule has 0 saturated heterocycles. The maximum atomic E-state index is 12.3. The summed E-state index contributed by atoms with van der Waals surface area (Å²) in [5.41, 5.74) is 14.0. The highest BCUT2D eigenvalue weighted by Crippen LogP contribution is 2.30. The predicted molar refractivity (Wildman–Crippen MR) is 101 cm³/mol. The number of halogens is 3. The molecule has 0 aliphatic rings. The van der Waals surface area contributed by atoms with Crippen molar-refractivity contribution in [1.29, 1.82) is 0 Å². The van der Waals surface area contributed by atoms with Gasteiger partial charge in [0.25, 0.3) is 0 Å². The number of nitrogens with zero attached hydrogens (tertiary/aromatic N) is 3. The molecular weight excluding hydrogens is 371 g/mol. The molecule has 0 aliphatic carbocycles. The van der Waals surface area contributed by atoms with Crippen LogP contribution in [0.15, 0.2) is 48.7 Å². The Morgan fingerprint density at radius 2 is 1.86 bits per heavy atom. The second-order valence-electron chi connectivity index (χ2n) is 6.35. The Hall–Kier alpha value is -3.49. The average molecular weight is 387 g/mol. The molecule has 9 heteroatoms. The largest absolute Gasteiger partial charge is 0.484 e. The summed E-state index contributed by atoms with van der Waals surface area (Å²) >= 11 is 0. The Bertz CT molecular complexity index is 1170. The summed E-state index contributed by atoms with van der Waals surface area (Å²) in [4.78, 5) is 8.22. The zero-order chi connectivity index (χ0) is 19.9. The molecule has 4 aromatic rings. The van der Waals surface area contributed by atoms with Gasteiger partial charge in [0.05, 0.1) is 10.9 Å². The number of nitrogens with two attached hydrogens (primary N) is 2. The van der Waals surface area contributed by atoms with Crippen LogP contribution in [0.1, 0.15) is 5.56 Å². The van der Waals surface area contributed by atoms with E-state index in [1.54, 1.807) is 12.1 Å². The summed E-state index contributed by atoms with van der Waals surface area (Å²) < 4.78 is 43.8. The van der Waals surface area contributed by atoms with Gasteiger partial charge in [0.2, 0.25) is 5.95 Å². The topological polar surface area (TPSA) is 92.0 Å². The molecule has 2 aromatic carbocycles. The van der Waals surface area contributed by atoms with E-state index in [2.05, 4.69) is 9.97 Å². The summed E-state index contributed by atoms with van der Waals surface area (Å²) in [6.07, 6.45) is -2.50. The Labute approximate surface area is 157 Å². The van der Waals surface area contributed by atoms with Gasteiger partial charge >= 0.3 is 6.18 Å². The minimum Gasteiger partial charge on any atom is -0.484 e. The van der Waals surface area contributed by atoms with Gasteiger partial charge in [0, 0.05) is 23.6 Å². The number of hydrogen-bond acceptors (Lipinski definition) is 5. The normalized spacial score (nSPS) is 12.0. The van der Waals surface area contributed by atoms with Gasteiger partial charge in [-0.15, -0.1) is 0 Å². The van der Waals surface area contributed by atoms with Crippen LogP contribution in [0.4, 0.5) is 24.9 Å². The van der Waals surface area contributed by atoms with Gasteiger partial charge in [0.1, 0.15) is 11.6 Å². The summed E-state index contributed by atoms with van der Waals surface area (Å²) in [5, 5.41) is 1.59. The molecule has 0 spiro atoms. The van der Waals surface area contributed by atoms with Gasteiger partial charge in [-0.25, -0.2) is 4.98 Å². The Morgan fingerprint density at radius 3 is 2.64 bits per heavy atom. The number of fused-ring (bicyclic) bond motifs is 3. The summed E-state index contributed by atoms with van der Waals surface area (Å²) in [6.45, 7) is -0.870. The lowest BCUT2D eigenvalue weighted by Crippen LogP contribution is -2.19. The number of benzene rings is 2. The van der Waals surface area contributed by atoms with Crippen LogP contribution in [0.2, 0.25) is 0 Å². The van der Waals surface area contributed by atoms with Crippen LogP contribution in [-0.2, 0) is 6.54 Å². The zero-order valence-electron chi connectivity index (χ0n) is 14.6. The summed E-state index contributed by atoms with van der Waals surface area (Å²) in [6, 6.07) is 12.2. The van der Waals surface area contributed by atoms with Crippen LogP contribution in [-0.4, -0.2) is 27.3 Å². The first-order valence-corrected chi connectivity index (χ1v) is 8.39. The lowest BCUT2D eigenvalue weighted by Gasteiger charge is -2.11. The molecule has 0 amide bonds. The monoisotopic (exact) mass is 387 g/mol. The van der Waals surface area contributed by atoms with Gasteiger partial charge in [0.15, 0.2) is 6.61 Å². The molecule has 144 valence electrons. The number of anilines is 2. The first kappa shape index (κ1) is 17.9. The molecule has 0 bridgehead atoms. The number of aromatic nitrogens is 3. The number of rotatable bonds is 4. The quantitative estimate of drug-likeness (QED) is 0.557. The van der Waals surface area contributed by atoms with Gasteiger partial charge in [-0.3, -0.25) is 0 Å². The van der Waals surface area contributed by atoms with Gasteiger partial charge in [-0.05, 0) is 35.9 Å². The van der Waals surface area contributed by atoms with Gasteiger partial charge in [-0.1, -0.05) is 12.1 Å². The second kappa shape index (κ2) is 6.59. The highest BCUT2D eigenvalue weighted by Gasteiger charge is 2.28. The number of nitrogen functional groups attached to an aromatic ring is 2. The van der Waals surface area contributed by atoms with E-state index in [0.717, 1.165) is 16.5 Å². The fourth-order valence-electron chi connectivity index (χ4n) is 3.18. The van der Waals surface area contributed by atoms with Crippen molar-refractivity contribution in [3.05, 3.63) is 54.2 Å². The van der Waals surface area contributed by atoms with E-state index >= 15 is 0 Å². The van der Waals surface area contributed by atoms with Crippen LogP contribution in [0, 0.1) is 0 Å². The smallest absolute Gasteiger partial charge is 0.422 e. The van der Waals surface area contributed by atoms with Crippen molar-refractivity contribution in [1.82, 2.24) is 14.5 Å². The maximum Gasteiger partial charge on any atom is 0.422 e. The molecule has 0 unspecified atom stereocenters. The van der Waals surface area contributed by atoms with Crippen LogP contribution >= 0.6 is 0 Å². The highest BCUT2D eigenvalue weighted by atomic mass is 19.4. The van der Waals surface area contributed by atoms with Crippen LogP contribution in [0.3, 0.4) is 0 Å². The predicted octanol–water partition coefficient (Wildman–Crippen LogP) is 3.74. The van der Waals surface area contributed by atoms with Crippen molar-refractivity contribution in [3.63, 3.8) is 0 Å². The molecule has 2 heterocycles. The van der Waals surface area contributed by atoms with Crippen LogP contribution in [0.25, 0.3) is 21.8 Å². The molecule has 0 fully saturated rings. The molecule has 4 N–H and O–H groups in total. The highest BCUT2D eigenvalue weighted by molar-refractivity contribution is 6.10.